The van der Waals surface area contributed by atoms with E-state index in [0.717, 1.165) is 50.5 Å². The molecular formula is C12H20N4O. The SMILES string of the molecule is CCNc1cnc(CN2CCC(O)CC2)cn1. The van der Waals surface area contributed by atoms with E-state index in [1.807, 2.05) is 13.1 Å². The molecule has 0 aromatic carbocycles. The van der Waals surface area contributed by atoms with E-state index in [1.54, 1.807) is 6.20 Å². The number of aliphatic hydroxyl groups excluding tert-OH is 1. The van der Waals surface area contributed by atoms with Crippen LogP contribution >= 0.6 is 0 Å². The zero-order chi connectivity index (χ0) is 12.1. The Morgan fingerprint density at radius 2 is 2.12 bits per heavy atom. The molecular weight excluding hydrogens is 216 g/mol. The van der Waals surface area contributed by atoms with Gasteiger partial charge in [-0.3, -0.25) is 9.88 Å². The van der Waals surface area contributed by atoms with E-state index in [9.17, 15) is 5.11 Å². The third-order valence-corrected chi connectivity index (χ3v) is 3.01. The van der Waals surface area contributed by atoms with E-state index in [4.69, 9.17) is 0 Å². The maximum Gasteiger partial charge on any atom is 0.144 e. The summed E-state index contributed by atoms with van der Waals surface area (Å²) in [7, 11) is 0. The zero-order valence-corrected chi connectivity index (χ0v) is 10.3. The van der Waals surface area contributed by atoms with E-state index >= 15 is 0 Å². The maximum atomic E-state index is 9.43. The summed E-state index contributed by atoms with van der Waals surface area (Å²) in [5.41, 5.74) is 0.989. The van der Waals surface area contributed by atoms with Crippen molar-refractivity contribution in [3.05, 3.63) is 18.1 Å². The summed E-state index contributed by atoms with van der Waals surface area (Å²) >= 11 is 0. The number of piperidine rings is 1. The molecule has 17 heavy (non-hydrogen) atoms. The highest BCUT2D eigenvalue weighted by atomic mass is 16.3. The van der Waals surface area contributed by atoms with Gasteiger partial charge in [-0.2, -0.15) is 0 Å². The van der Waals surface area contributed by atoms with Gasteiger partial charge in [0.1, 0.15) is 5.82 Å². The van der Waals surface area contributed by atoms with Crippen LogP contribution in [0, 0.1) is 0 Å². The maximum absolute atomic E-state index is 9.43. The molecule has 0 unspecified atom stereocenters. The van der Waals surface area contributed by atoms with Gasteiger partial charge in [0.05, 0.1) is 24.2 Å². The van der Waals surface area contributed by atoms with Crippen molar-refractivity contribution in [1.82, 2.24) is 14.9 Å². The van der Waals surface area contributed by atoms with E-state index in [0.29, 0.717) is 0 Å². The van der Waals surface area contributed by atoms with Crippen molar-refractivity contribution in [1.29, 1.82) is 0 Å². The monoisotopic (exact) mass is 236 g/mol. The van der Waals surface area contributed by atoms with E-state index < -0.39 is 0 Å². The summed E-state index contributed by atoms with van der Waals surface area (Å²) in [5, 5.41) is 12.5. The lowest BCUT2D eigenvalue weighted by Gasteiger charge is -2.28. The highest BCUT2D eigenvalue weighted by molar-refractivity contribution is 5.30. The first-order chi connectivity index (χ1) is 8.28. The van der Waals surface area contributed by atoms with Gasteiger partial charge in [0.25, 0.3) is 0 Å². The molecule has 94 valence electrons. The van der Waals surface area contributed by atoms with Crippen LogP contribution in [-0.4, -0.2) is 45.7 Å². The van der Waals surface area contributed by atoms with Gasteiger partial charge >= 0.3 is 0 Å². The molecule has 0 amide bonds. The average molecular weight is 236 g/mol. The molecule has 0 radical (unpaired) electrons. The summed E-state index contributed by atoms with van der Waals surface area (Å²) in [5.74, 6) is 0.824. The smallest absolute Gasteiger partial charge is 0.144 e. The molecule has 1 aliphatic heterocycles. The first-order valence-corrected chi connectivity index (χ1v) is 6.23. The van der Waals surface area contributed by atoms with Crippen LogP contribution in [0.15, 0.2) is 12.4 Å². The number of anilines is 1. The first kappa shape index (κ1) is 12.3. The van der Waals surface area contributed by atoms with Gasteiger partial charge in [0.2, 0.25) is 0 Å². The second-order valence-electron chi connectivity index (χ2n) is 4.43. The Morgan fingerprint density at radius 1 is 1.35 bits per heavy atom. The lowest BCUT2D eigenvalue weighted by atomic mass is 10.1. The number of hydrogen-bond donors (Lipinski definition) is 2. The van der Waals surface area contributed by atoms with E-state index in [1.165, 1.54) is 0 Å². The summed E-state index contributed by atoms with van der Waals surface area (Å²) < 4.78 is 0. The summed E-state index contributed by atoms with van der Waals surface area (Å²) in [6, 6.07) is 0. The van der Waals surface area contributed by atoms with Crippen molar-refractivity contribution in [3.63, 3.8) is 0 Å². The quantitative estimate of drug-likeness (QED) is 0.812. The van der Waals surface area contributed by atoms with Gasteiger partial charge in [-0.25, -0.2) is 4.98 Å². The molecule has 1 aromatic heterocycles. The molecule has 0 saturated carbocycles. The van der Waals surface area contributed by atoms with Crippen molar-refractivity contribution < 1.29 is 5.11 Å². The second kappa shape index (κ2) is 5.93. The zero-order valence-electron chi connectivity index (χ0n) is 10.3. The molecule has 2 N–H and O–H groups in total. The molecule has 0 aliphatic carbocycles. The molecule has 0 bridgehead atoms. The number of rotatable bonds is 4. The Hall–Kier alpha value is -1.20. The Bertz CT molecular complexity index is 333. The topological polar surface area (TPSA) is 61.3 Å². The summed E-state index contributed by atoms with van der Waals surface area (Å²) in [4.78, 5) is 11.0. The minimum atomic E-state index is -0.117. The molecule has 2 heterocycles. The Kier molecular flexibility index (Phi) is 4.28. The minimum Gasteiger partial charge on any atom is -0.393 e. The van der Waals surface area contributed by atoms with Gasteiger partial charge in [0, 0.05) is 26.2 Å². The van der Waals surface area contributed by atoms with Gasteiger partial charge in [-0.1, -0.05) is 0 Å². The van der Waals surface area contributed by atoms with Crippen LogP contribution in [0.2, 0.25) is 0 Å². The molecule has 1 aromatic rings. The fourth-order valence-electron chi connectivity index (χ4n) is 2.02. The number of hydrogen-bond acceptors (Lipinski definition) is 5. The fraction of sp³-hybridized carbons (Fsp3) is 0.667. The van der Waals surface area contributed by atoms with Crippen LogP contribution in [0.5, 0.6) is 0 Å². The van der Waals surface area contributed by atoms with Crippen LogP contribution in [0.25, 0.3) is 0 Å². The number of nitrogens with one attached hydrogen (secondary N) is 1. The molecule has 1 saturated heterocycles. The lowest BCUT2D eigenvalue weighted by molar-refractivity contribution is 0.0786. The average Bonchev–Trinajstić information content (AvgIpc) is 2.35. The van der Waals surface area contributed by atoms with Gasteiger partial charge in [-0.05, 0) is 19.8 Å². The summed E-state index contributed by atoms with van der Waals surface area (Å²) in [6.07, 6.45) is 5.21. The molecule has 1 fully saturated rings. The largest absolute Gasteiger partial charge is 0.393 e. The van der Waals surface area contributed by atoms with Crippen LogP contribution in [0.4, 0.5) is 5.82 Å². The normalized spacial score (nSPS) is 18.2. The molecule has 1 aliphatic rings. The third kappa shape index (κ3) is 3.64. The lowest BCUT2D eigenvalue weighted by Crippen LogP contribution is -2.35. The van der Waals surface area contributed by atoms with Crippen LogP contribution in [0.1, 0.15) is 25.5 Å². The van der Waals surface area contributed by atoms with Crippen molar-refractivity contribution in [2.75, 3.05) is 25.0 Å². The van der Waals surface area contributed by atoms with Gasteiger partial charge < -0.3 is 10.4 Å². The Labute approximate surface area is 102 Å². The number of aliphatic hydroxyl groups is 1. The van der Waals surface area contributed by atoms with Crippen molar-refractivity contribution in [2.45, 2.75) is 32.4 Å². The fourth-order valence-corrected chi connectivity index (χ4v) is 2.02. The van der Waals surface area contributed by atoms with E-state index in [-0.39, 0.29) is 6.10 Å². The highest BCUT2D eigenvalue weighted by Gasteiger charge is 2.17. The molecule has 2 rings (SSSR count). The van der Waals surface area contributed by atoms with Gasteiger partial charge in [-0.15, -0.1) is 0 Å². The van der Waals surface area contributed by atoms with Crippen LogP contribution < -0.4 is 5.32 Å². The number of nitrogens with zero attached hydrogens (tertiary/aromatic N) is 3. The Morgan fingerprint density at radius 3 is 2.71 bits per heavy atom. The van der Waals surface area contributed by atoms with Crippen molar-refractivity contribution >= 4 is 5.82 Å². The standard InChI is InChI=1S/C12H20N4O/c1-2-13-12-8-14-10(7-15-12)9-16-5-3-11(17)4-6-16/h7-8,11,17H,2-6,9H2,1H3,(H,13,15). The molecule has 5 nitrogen and oxygen atoms in total. The second-order valence-corrected chi connectivity index (χ2v) is 4.43. The number of likely N-dealkylation sites (tertiary alicyclic amines) is 1. The van der Waals surface area contributed by atoms with Gasteiger partial charge in [0.15, 0.2) is 0 Å². The third-order valence-electron chi connectivity index (χ3n) is 3.01. The predicted octanol–water partition coefficient (Wildman–Crippen LogP) is 0.865. The van der Waals surface area contributed by atoms with Crippen LogP contribution in [0.3, 0.4) is 0 Å². The van der Waals surface area contributed by atoms with Crippen LogP contribution in [-0.2, 0) is 6.54 Å². The first-order valence-electron chi connectivity index (χ1n) is 6.23. The minimum absolute atomic E-state index is 0.117. The predicted molar refractivity (Wildman–Crippen MR) is 66.7 cm³/mol. The summed E-state index contributed by atoms with van der Waals surface area (Å²) in [6.45, 7) is 5.61. The Balaban J connectivity index is 1.86. The molecule has 0 spiro atoms. The molecule has 5 heteroatoms. The van der Waals surface area contributed by atoms with Crippen molar-refractivity contribution in [2.24, 2.45) is 0 Å². The van der Waals surface area contributed by atoms with Crippen molar-refractivity contribution in [3.8, 4) is 0 Å². The highest BCUT2D eigenvalue weighted by Crippen LogP contribution is 2.12. The van der Waals surface area contributed by atoms with E-state index in [2.05, 4.69) is 20.2 Å². The number of aromatic nitrogens is 2. The molecule has 0 atom stereocenters.